The molecule has 0 spiro atoms. The molecule has 0 bridgehead atoms. The fourth-order valence-electron chi connectivity index (χ4n) is 1.28. The maximum absolute atomic E-state index is 12.6. The van der Waals surface area contributed by atoms with Crippen LogP contribution in [-0.4, -0.2) is 12.2 Å². The van der Waals surface area contributed by atoms with Crippen molar-refractivity contribution in [1.29, 1.82) is 0 Å². The van der Waals surface area contributed by atoms with Gasteiger partial charge in [-0.2, -0.15) is 0 Å². The van der Waals surface area contributed by atoms with Gasteiger partial charge in [-0.05, 0) is 29.7 Å². The number of hydrogen-bond donors (Lipinski definition) is 1. The van der Waals surface area contributed by atoms with Crippen LogP contribution >= 0.6 is 0 Å². The Morgan fingerprint density at radius 1 is 1.31 bits per heavy atom. The standard InChI is InChI=1S/C11H9FNO2.Rb/c12-8-1-3-9(4-2-8)13-10(15)11(7-14)5-6-11;/h1-4H,5-6H2,(H,13,15);/q-1;+1. The SMILES string of the molecule is O=[C-]C1(C(=O)Nc2ccc(F)cc2)CC1.[Rb+]. The predicted molar refractivity (Wildman–Crippen MR) is 52.4 cm³/mol. The number of rotatable bonds is 3. The first-order valence-corrected chi connectivity index (χ1v) is 4.63. The van der Waals surface area contributed by atoms with Gasteiger partial charge in [-0.3, -0.25) is 4.79 Å². The van der Waals surface area contributed by atoms with Gasteiger partial charge in [0.05, 0.1) is 0 Å². The van der Waals surface area contributed by atoms with E-state index in [0.717, 1.165) is 0 Å². The van der Waals surface area contributed by atoms with E-state index in [1.165, 1.54) is 24.3 Å². The molecule has 1 aromatic carbocycles. The van der Waals surface area contributed by atoms with Crippen LogP contribution in [0.25, 0.3) is 0 Å². The van der Waals surface area contributed by atoms with Gasteiger partial charge in [-0.15, -0.1) is 0 Å². The van der Waals surface area contributed by atoms with Crippen LogP contribution in [0.3, 0.4) is 0 Å². The minimum absolute atomic E-state index is 0. The molecule has 3 nitrogen and oxygen atoms in total. The molecule has 2 rings (SSSR count). The van der Waals surface area contributed by atoms with Gasteiger partial charge in [0, 0.05) is 5.69 Å². The predicted octanol–water partition coefficient (Wildman–Crippen LogP) is -1.34. The summed E-state index contributed by atoms with van der Waals surface area (Å²) in [5.74, 6) is -0.722. The maximum Gasteiger partial charge on any atom is 1.00 e. The van der Waals surface area contributed by atoms with Crippen molar-refractivity contribution >= 4 is 17.9 Å². The molecule has 0 saturated heterocycles. The summed E-state index contributed by atoms with van der Waals surface area (Å²) in [5, 5.41) is 2.55. The molecule has 1 saturated carbocycles. The van der Waals surface area contributed by atoms with E-state index in [0.29, 0.717) is 18.5 Å². The van der Waals surface area contributed by atoms with Crippen LogP contribution < -0.4 is 63.5 Å². The van der Waals surface area contributed by atoms with Gasteiger partial charge in [0.2, 0.25) is 5.91 Å². The van der Waals surface area contributed by atoms with Gasteiger partial charge in [-0.25, -0.2) is 10.7 Å². The molecule has 1 aliphatic rings. The van der Waals surface area contributed by atoms with Crippen molar-refractivity contribution in [2.75, 3.05) is 5.32 Å². The molecule has 0 atom stereocenters. The van der Waals surface area contributed by atoms with Gasteiger partial charge in [0.1, 0.15) is 5.82 Å². The number of nitrogens with one attached hydrogen (secondary N) is 1. The van der Waals surface area contributed by atoms with Crippen molar-refractivity contribution in [1.82, 2.24) is 0 Å². The molecule has 1 N–H and O–H groups in total. The topological polar surface area (TPSA) is 46.2 Å². The quantitative estimate of drug-likeness (QED) is 0.553. The first-order chi connectivity index (χ1) is 7.16. The largest absolute Gasteiger partial charge is 1.00 e. The van der Waals surface area contributed by atoms with Crippen LogP contribution in [0, 0.1) is 11.2 Å². The van der Waals surface area contributed by atoms with Crippen molar-refractivity contribution in [2.45, 2.75) is 12.8 Å². The number of hydrogen-bond acceptors (Lipinski definition) is 2. The molecular weight excluding hydrogens is 283 g/mol. The van der Waals surface area contributed by atoms with Crippen LogP contribution in [0.4, 0.5) is 10.1 Å². The summed E-state index contributed by atoms with van der Waals surface area (Å²) >= 11 is 0. The van der Waals surface area contributed by atoms with Gasteiger partial charge >= 0.3 is 58.2 Å². The normalized spacial score (nSPS) is 15.8. The van der Waals surface area contributed by atoms with Crippen molar-refractivity contribution in [2.24, 2.45) is 5.41 Å². The molecule has 0 heterocycles. The number of anilines is 1. The van der Waals surface area contributed by atoms with Crippen LogP contribution in [-0.2, 0) is 9.59 Å². The summed E-state index contributed by atoms with van der Waals surface area (Å²) in [6, 6.07) is 5.40. The fraction of sp³-hybridized carbons (Fsp3) is 0.273. The minimum atomic E-state index is -0.950. The van der Waals surface area contributed by atoms with Gasteiger partial charge < -0.3 is 10.1 Å². The molecule has 0 unspecified atom stereocenters. The molecule has 0 aromatic heterocycles. The third kappa shape index (κ3) is 3.06. The van der Waals surface area contributed by atoms with E-state index in [2.05, 4.69) is 5.32 Å². The monoisotopic (exact) mass is 291 g/mol. The summed E-state index contributed by atoms with van der Waals surface area (Å²) in [6.07, 6.45) is 2.84. The Hall–Kier alpha value is 0.0952. The molecule has 0 aliphatic heterocycles. The zero-order chi connectivity index (χ0) is 10.9. The minimum Gasteiger partial charge on any atom is -0.541 e. The fourth-order valence-corrected chi connectivity index (χ4v) is 1.28. The van der Waals surface area contributed by atoms with E-state index >= 15 is 0 Å². The number of benzene rings is 1. The van der Waals surface area contributed by atoms with E-state index in [1.54, 1.807) is 6.29 Å². The molecular formula is C11H9FNO2Rb. The van der Waals surface area contributed by atoms with Crippen LogP contribution in [0.5, 0.6) is 0 Å². The molecule has 5 heteroatoms. The zero-order valence-electron chi connectivity index (χ0n) is 8.92. The Balaban J connectivity index is 0.00000128. The number of amides is 1. The Kier molecular flexibility index (Phi) is 4.98. The van der Waals surface area contributed by atoms with Crippen molar-refractivity contribution in [3.05, 3.63) is 30.1 Å². The van der Waals surface area contributed by atoms with Gasteiger partial charge in [-0.1, -0.05) is 12.8 Å². The Bertz CT molecular complexity index is 401. The Labute approximate surface area is 142 Å². The van der Waals surface area contributed by atoms with Crippen molar-refractivity contribution < 1.29 is 72.2 Å². The summed E-state index contributed by atoms with van der Waals surface area (Å²) in [4.78, 5) is 22.1. The summed E-state index contributed by atoms with van der Waals surface area (Å²) in [7, 11) is 0. The summed E-state index contributed by atoms with van der Waals surface area (Å²) in [5.41, 5.74) is -0.461. The molecule has 1 fully saturated rings. The third-order valence-corrected chi connectivity index (χ3v) is 2.48. The average molecular weight is 292 g/mol. The smallest absolute Gasteiger partial charge is 0.541 e. The molecule has 78 valence electrons. The van der Waals surface area contributed by atoms with Gasteiger partial charge in [0.15, 0.2) is 0 Å². The van der Waals surface area contributed by atoms with Crippen molar-refractivity contribution in [3.8, 4) is 0 Å². The van der Waals surface area contributed by atoms with E-state index < -0.39 is 5.41 Å². The average Bonchev–Trinajstić information content (AvgIpc) is 3.02. The first-order valence-electron chi connectivity index (χ1n) is 4.63. The number of carbonyl (C=O) groups is 1. The maximum atomic E-state index is 12.6. The van der Waals surface area contributed by atoms with E-state index in [-0.39, 0.29) is 69.9 Å². The van der Waals surface area contributed by atoms with Gasteiger partial charge in [0.25, 0.3) is 0 Å². The zero-order valence-corrected chi connectivity index (χ0v) is 13.8. The molecule has 0 radical (unpaired) electrons. The van der Waals surface area contributed by atoms with E-state index in [9.17, 15) is 14.0 Å². The Morgan fingerprint density at radius 3 is 2.31 bits per heavy atom. The van der Waals surface area contributed by atoms with Crippen molar-refractivity contribution in [3.63, 3.8) is 0 Å². The summed E-state index contributed by atoms with van der Waals surface area (Å²) in [6.45, 7) is 0. The second kappa shape index (κ2) is 5.62. The number of halogens is 1. The molecule has 1 aliphatic carbocycles. The molecule has 16 heavy (non-hydrogen) atoms. The second-order valence-electron chi connectivity index (χ2n) is 3.65. The third-order valence-electron chi connectivity index (χ3n) is 2.48. The van der Waals surface area contributed by atoms with E-state index in [4.69, 9.17) is 0 Å². The van der Waals surface area contributed by atoms with Crippen LogP contribution in [0.15, 0.2) is 24.3 Å². The summed E-state index contributed by atoms with van der Waals surface area (Å²) < 4.78 is 12.6. The molecule has 1 aromatic rings. The van der Waals surface area contributed by atoms with Crippen LogP contribution in [0.2, 0.25) is 0 Å². The second-order valence-corrected chi connectivity index (χ2v) is 3.65. The Morgan fingerprint density at radius 2 is 1.88 bits per heavy atom. The molecule has 1 amide bonds. The first kappa shape index (κ1) is 14.2. The number of carbonyl (C=O) groups excluding carboxylic acids is 2. The van der Waals surface area contributed by atoms with Crippen LogP contribution in [0.1, 0.15) is 12.8 Å². The van der Waals surface area contributed by atoms with E-state index in [1.807, 2.05) is 0 Å².